The fourth-order valence-corrected chi connectivity index (χ4v) is 3.83. The Labute approximate surface area is 168 Å². The summed E-state index contributed by atoms with van der Waals surface area (Å²) in [6.45, 7) is 12.2. The molecule has 1 saturated heterocycles. The van der Waals surface area contributed by atoms with E-state index in [2.05, 4.69) is 33.6 Å². The average Bonchev–Trinajstić information content (AvgIpc) is 3.00. The quantitative estimate of drug-likeness (QED) is 0.606. The Morgan fingerprint density at radius 3 is 2.36 bits per heavy atom. The van der Waals surface area contributed by atoms with Gasteiger partial charge in [-0.05, 0) is 32.4 Å². The van der Waals surface area contributed by atoms with Gasteiger partial charge in [0, 0.05) is 38.3 Å². The van der Waals surface area contributed by atoms with Gasteiger partial charge in [0.15, 0.2) is 0 Å². The second kappa shape index (κ2) is 10.0. The number of rotatable bonds is 10. The van der Waals surface area contributed by atoms with Gasteiger partial charge >= 0.3 is 6.01 Å². The number of hydrogen-bond donors (Lipinski definition) is 1. The zero-order chi connectivity index (χ0) is 19.9. The summed E-state index contributed by atoms with van der Waals surface area (Å²) in [5.41, 5.74) is 6.80. The van der Waals surface area contributed by atoms with Crippen LogP contribution in [0.15, 0.2) is 0 Å². The molecule has 1 fully saturated rings. The minimum atomic E-state index is 0.0504. The van der Waals surface area contributed by atoms with E-state index >= 15 is 0 Å². The number of piperazine rings is 1. The van der Waals surface area contributed by atoms with Crippen LogP contribution in [-0.4, -0.2) is 78.1 Å². The summed E-state index contributed by atoms with van der Waals surface area (Å²) >= 11 is 0. The third kappa shape index (κ3) is 5.11. The van der Waals surface area contributed by atoms with Gasteiger partial charge in [-0.1, -0.05) is 20.3 Å². The highest BCUT2D eigenvalue weighted by Crippen LogP contribution is 2.32. The van der Waals surface area contributed by atoms with Crippen molar-refractivity contribution < 1.29 is 9.53 Å². The molecule has 0 aliphatic carbocycles. The lowest BCUT2D eigenvalue weighted by molar-refractivity contribution is -0.117. The van der Waals surface area contributed by atoms with Crippen LogP contribution < -0.4 is 15.4 Å². The van der Waals surface area contributed by atoms with E-state index in [1.165, 1.54) is 13.0 Å². The van der Waals surface area contributed by atoms with Crippen LogP contribution in [0.4, 0.5) is 11.6 Å². The molecule has 156 valence electrons. The molecule has 8 nitrogen and oxygen atoms in total. The number of nitrogens with zero attached hydrogens (tertiary/aromatic N) is 5. The first-order valence-corrected chi connectivity index (χ1v) is 10.7. The predicted molar refractivity (Wildman–Crippen MR) is 111 cm³/mol. The van der Waals surface area contributed by atoms with Gasteiger partial charge < -0.3 is 20.3 Å². The highest BCUT2D eigenvalue weighted by molar-refractivity contribution is 6.01. The van der Waals surface area contributed by atoms with Gasteiger partial charge in [0.1, 0.15) is 11.6 Å². The van der Waals surface area contributed by atoms with Crippen LogP contribution in [0.3, 0.4) is 0 Å². The minimum Gasteiger partial charge on any atom is -0.463 e. The molecule has 0 aromatic carbocycles. The lowest BCUT2D eigenvalue weighted by atomic mass is 10.2. The van der Waals surface area contributed by atoms with E-state index in [-0.39, 0.29) is 18.3 Å². The van der Waals surface area contributed by atoms with Crippen molar-refractivity contribution in [1.29, 1.82) is 0 Å². The Morgan fingerprint density at radius 2 is 1.68 bits per heavy atom. The van der Waals surface area contributed by atoms with Crippen LogP contribution in [0.2, 0.25) is 0 Å². The minimum absolute atomic E-state index is 0.0504. The molecule has 0 atom stereocenters. The molecule has 1 amide bonds. The first-order valence-electron chi connectivity index (χ1n) is 10.7. The Kier molecular flexibility index (Phi) is 7.44. The van der Waals surface area contributed by atoms with Crippen molar-refractivity contribution in [2.75, 3.05) is 63.1 Å². The number of unbranched alkanes of at least 4 members (excludes halogenated alkanes) is 1. The molecule has 2 N–H and O–H groups in total. The number of nitrogens with two attached hydrogens (primary N) is 1. The molecule has 28 heavy (non-hydrogen) atoms. The van der Waals surface area contributed by atoms with Crippen molar-refractivity contribution in [3.05, 3.63) is 5.56 Å². The fraction of sp³-hybridized carbons (Fsp3) is 0.750. The van der Waals surface area contributed by atoms with Gasteiger partial charge in [-0.25, -0.2) is 0 Å². The largest absolute Gasteiger partial charge is 0.463 e. The first kappa shape index (κ1) is 20.8. The molecule has 3 rings (SSSR count). The lowest BCUT2D eigenvalue weighted by Gasteiger charge is -2.34. The Bertz CT molecular complexity index is 660. The molecule has 0 unspecified atom stereocenters. The van der Waals surface area contributed by atoms with Crippen molar-refractivity contribution in [3.8, 4) is 6.01 Å². The summed E-state index contributed by atoms with van der Waals surface area (Å²) in [5.74, 6) is 1.05. The monoisotopic (exact) mass is 390 g/mol. The van der Waals surface area contributed by atoms with Crippen LogP contribution in [-0.2, 0) is 11.2 Å². The van der Waals surface area contributed by atoms with Crippen LogP contribution in [0.1, 0.15) is 45.1 Å². The van der Waals surface area contributed by atoms with Crippen molar-refractivity contribution in [2.45, 2.75) is 46.0 Å². The molecular weight excluding hydrogens is 356 g/mol. The van der Waals surface area contributed by atoms with Crippen LogP contribution >= 0.6 is 0 Å². The molecule has 0 spiro atoms. The second-order valence-electron chi connectivity index (χ2n) is 7.65. The number of carbonyl (C=O) groups is 1. The van der Waals surface area contributed by atoms with E-state index in [9.17, 15) is 4.79 Å². The van der Waals surface area contributed by atoms with E-state index in [0.29, 0.717) is 24.8 Å². The SMILES string of the molecule is CCCCOc1nc(N)c2c(n1)N(CCCN1CCN(CCC)CC1)C(=O)C2. The second-order valence-corrected chi connectivity index (χ2v) is 7.65. The number of aromatic nitrogens is 2. The number of hydrogen-bond acceptors (Lipinski definition) is 7. The normalized spacial score (nSPS) is 17.9. The highest BCUT2D eigenvalue weighted by Gasteiger charge is 2.32. The number of amides is 1. The third-order valence-corrected chi connectivity index (χ3v) is 5.47. The maximum atomic E-state index is 12.5. The molecule has 8 heteroatoms. The molecule has 0 radical (unpaired) electrons. The molecule has 0 bridgehead atoms. The molecule has 2 aliphatic rings. The van der Waals surface area contributed by atoms with Gasteiger partial charge in [0.25, 0.3) is 0 Å². The van der Waals surface area contributed by atoms with E-state index < -0.39 is 0 Å². The van der Waals surface area contributed by atoms with Gasteiger partial charge in [0.2, 0.25) is 5.91 Å². The maximum absolute atomic E-state index is 12.5. The number of fused-ring (bicyclic) bond motifs is 1. The summed E-state index contributed by atoms with van der Waals surface area (Å²) in [4.78, 5) is 28.0. The topological polar surface area (TPSA) is 87.8 Å². The molecule has 1 aromatic rings. The summed E-state index contributed by atoms with van der Waals surface area (Å²) in [6.07, 6.45) is 4.40. The maximum Gasteiger partial charge on any atom is 0.320 e. The van der Waals surface area contributed by atoms with Gasteiger partial charge in [-0.3, -0.25) is 9.69 Å². The highest BCUT2D eigenvalue weighted by atomic mass is 16.5. The zero-order valence-corrected chi connectivity index (χ0v) is 17.3. The Balaban J connectivity index is 1.53. The summed E-state index contributed by atoms with van der Waals surface area (Å²) < 4.78 is 5.61. The van der Waals surface area contributed by atoms with Crippen molar-refractivity contribution in [3.63, 3.8) is 0 Å². The first-order chi connectivity index (χ1) is 13.6. The van der Waals surface area contributed by atoms with E-state index in [1.54, 1.807) is 4.90 Å². The predicted octanol–water partition coefficient (Wildman–Crippen LogP) is 1.54. The van der Waals surface area contributed by atoms with Crippen molar-refractivity contribution in [2.24, 2.45) is 0 Å². The number of nitrogen functional groups attached to an aromatic ring is 1. The summed E-state index contributed by atoms with van der Waals surface area (Å²) in [5, 5.41) is 0. The van der Waals surface area contributed by atoms with Gasteiger partial charge in [0.05, 0.1) is 13.0 Å². The third-order valence-electron chi connectivity index (χ3n) is 5.47. The summed E-state index contributed by atoms with van der Waals surface area (Å²) in [6, 6.07) is 0.274. The fourth-order valence-electron chi connectivity index (χ4n) is 3.83. The van der Waals surface area contributed by atoms with Crippen molar-refractivity contribution in [1.82, 2.24) is 19.8 Å². The van der Waals surface area contributed by atoms with E-state index in [4.69, 9.17) is 10.5 Å². The molecule has 2 aliphatic heterocycles. The van der Waals surface area contributed by atoms with Crippen LogP contribution in [0.25, 0.3) is 0 Å². The van der Waals surface area contributed by atoms with E-state index in [0.717, 1.165) is 57.5 Å². The lowest BCUT2D eigenvalue weighted by Crippen LogP contribution is -2.47. The molecule has 3 heterocycles. The smallest absolute Gasteiger partial charge is 0.320 e. The molecule has 0 saturated carbocycles. The Morgan fingerprint density at radius 1 is 0.964 bits per heavy atom. The van der Waals surface area contributed by atoms with Crippen molar-refractivity contribution >= 4 is 17.5 Å². The number of carbonyl (C=O) groups excluding carboxylic acids is 1. The number of ether oxygens (including phenoxy) is 1. The molecular formula is C20H34N6O2. The van der Waals surface area contributed by atoms with E-state index in [1.807, 2.05) is 0 Å². The van der Waals surface area contributed by atoms with Crippen LogP contribution in [0.5, 0.6) is 6.01 Å². The standard InChI is InChI=1S/C20H34N6O2/c1-3-5-14-28-20-22-18(21)16-15-17(27)26(19(16)23-20)9-6-8-25-12-10-24(7-4-2)11-13-25/h3-15H2,1-2H3,(H2,21,22,23). The summed E-state index contributed by atoms with van der Waals surface area (Å²) in [7, 11) is 0. The van der Waals surface area contributed by atoms with Gasteiger partial charge in [-0.15, -0.1) is 0 Å². The zero-order valence-electron chi connectivity index (χ0n) is 17.3. The Hall–Kier alpha value is -1.93. The van der Waals surface area contributed by atoms with Gasteiger partial charge in [-0.2, -0.15) is 9.97 Å². The molecule has 1 aromatic heterocycles. The average molecular weight is 391 g/mol. The van der Waals surface area contributed by atoms with Crippen LogP contribution in [0, 0.1) is 0 Å². The number of anilines is 2.